The smallest absolute Gasteiger partial charge is 0.294 e. The van der Waals surface area contributed by atoms with E-state index in [-0.39, 0.29) is 10.8 Å². The Balaban J connectivity index is 2.90. The second-order valence-electron chi connectivity index (χ2n) is 4.14. The van der Waals surface area contributed by atoms with Crippen LogP contribution >= 0.6 is 0 Å². The third-order valence-electron chi connectivity index (χ3n) is 2.69. The molecule has 5 N–H and O–H groups in total. The van der Waals surface area contributed by atoms with Gasteiger partial charge in [-0.1, -0.05) is 13.0 Å². The first-order chi connectivity index (χ1) is 8.21. The molecule has 0 radical (unpaired) electrons. The summed E-state index contributed by atoms with van der Waals surface area (Å²) in [6, 6.07) is 5.72. The Morgan fingerprint density at radius 2 is 2.11 bits per heavy atom. The molecule has 7 heteroatoms. The lowest BCUT2D eigenvalue weighted by Crippen LogP contribution is -2.39. The molecule has 0 amide bonds. The Morgan fingerprint density at radius 1 is 1.50 bits per heavy atom. The molecule has 0 aliphatic carbocycles. The van der Waals surface area contributed by atoms with Crippen LogP contribution in [0.5, 0.6) is 0 Å². The molecule has 18 heavy (non-hydrogen) atoms. The molecule has 1 rings (SSSR count). The number of anilines is 1. The molecule has 0 spiro atoms. The molecule has 0 saturated carbocycles. The zero-order chi connectivity index (χ0) is 13.9. The summed E-state index contributed by atoms with van der Waals surface area (Å²) in [5.74, 6) is -0.181. The third-order valence-corrected chi connectivity index (χ3v) is 3.54. The van der Waals surface area contributed by atoms with E-state index in [1.165, 1.54) is 18.2 Å². The summed E-state index contributed by atoms with van der Waals surface area (Å²) in [4.78, 5) is -0.195. The summed E-state index contributed by atoms with van der Waals surface area (Å²) in [5.41, 5.74) is 6.75. The number of nitrogens with one attached hydrogen (secondary N) is 2. The highest BCUT2D eigenvalue weighted by molar-refractivity contribution is 7.85. The third kappa shape index (κ3) is 3.80. The van der Waals surface area contributed by atoms with Gasteiger partial charge < -0.3 is 16.5 Å². The van der Waals surface area contributed by atoms with Crippen molar-refractivity contribution >= 4 is 21.5 Å². The fourth-order valence-electron chi connectivity index (χ4n) is 1.33. The summed E-state index contributed by atoms with van der Waals surface area (Å²) < 4.78 is 30.9. The average molecular weight is 271 g/mol. The highest BCUT2D eigenvalue weighted by Gasteiger charge is 2.15. The van der Waals surface area contributed by atoms with E-state index in [1.54, 1.807) is 19.9 Å². The van der Waals surface area contributed by atoms with E-state index in [0.717, 1.165) is 0 Å². The van der Waals surface area contributed by atoms with Gasteiger partial charge in [-0.3, -0.25) is 4.55 Å². The van der Waals surface area contributed by atoms with E-state index in [1.807, 2.05) is 0 Å². The Hall–Kier alpha value is -1.44. The van der Waals surface area contributed by atoms with Gasteiger partial charge >= 0.3 is 0 Å². The summed E-state index contributed by atoms with van der Waals surface area (Å²) in [5, 5.41) is 10.4. The maximum Gasteiger partial charge on any atom is 0.294 e. The molecule has 6 nitrogen and oxygen atoms in total. The standard InChI is InChI=1S/C11H17N3O3S/c1-7(8(2)12)11(13)14-9-4-3-5-10(6-9)18(15,16)17/h3-7,11-12,14H,13H2,1-2H3,(H,15,16,17). The normalized spacial score (nSPS) is 14.9. The first-order valence-electron chi connectivity index (χ1n) is 5.36. The van der Waals surface area contributed by atoms with Crippen LogP contribution in [0.15, 0.2) is 29.2 Å². The van der Waals surface area contributed by atoms with Gasteiger partial charge in [0.15, 0.2) is 0 Å². The number of rotatable bonds is 5. The van der Waals surface area contributed by atoms with Gasteiger partial charge in [-0.25, -0.2) is 0 Å². The first kappa shape index (κ1) is 14.6. The first-order valence-corrected chi connectivity index (χ1v) is 6.80. The van der Waals surface area contributed by atoms with Crippen molar-refractivity contribution < 1.29 is 13.0 Å². The molecule has 0 fully saturated rings. The molecule has 1 aromatic carbocycles. The Bertz CT molecular complexity index is 542. The van der Waals surface area contributed by atoms with Gasteiger partial charge in [0.2, 0.25) is 0 Å². The van der Waals surface area contributed by atoms with Gasteiger partial charge in [-0.15, -0.1) is 0 Å². The molecule has 1 aromatic rings. The fraction of sp³-hybridized carbons (Fsp3) is 0.364. The van der Waals surface area contributed by atoms with Crippen molar-refractivity contribution in [2.75, 3.05) is 5.32 Å². The molecule has 0 saturated heterocycles. The zero-order valence-corrected chi connectivity index (χ0v) is 11.0. The summed E-state index contributed by atoms with van der Waals surface area (Å²) in [6.45, 7) is 3.45. The Morgan fingerprint density at radius 3 is 2.61 bits per heavy atom. The lowest BCUT2D eigenvalue weighted by Gasteiger charge is -2.21. The topological polar surface area (TPSA) is 116 Å². The summed E-state index contributed by atoms with van der Waals surface area (Å²) in [7, 11) is -4.22. The van der Waals surface area contributed by atoms with E-state index in [2.05, 4.69) is 5.32 Å². The van der Waals surface area contributed by atoms with Crippen LogP contribution in [0.2, 0.25) is 0 Å². The maximum atomic E-state index is 11.0. The average Bonchev–Trinajstić information content (AvgIpc) is 2.27. The Labute approximate surface area is 106 Å². The van der Waals surface area contributed by atoms with Crippen molar-refractivity contribution in [3.05, 3.63) is 24.3 Å². The van der Waals surface area contributed by atoms with E-state index in [9.17, 15) is 8.42 Å². The van der Waals surface area contributed by atoms with Crippen LogP contribution in [-0.4, -0.2) is 24.8 Å². The van der Waals surface area contributed by atoms with Crippen molar-refractivity contribution in [3.8, 4) is 0 Å². The zero-order valence-electron chi connectivity index (χ0n) is 10.2. The van der Waals surface area contributed by atoms with E-state index < -0.39 is 16.3 Å². The molecule has 2 unspecified atom stereocenters. The van der Waals surface area contributed by atoms with Crippen LogP contribution in [0.4, 0.5) is 5.69 Å². The van der Waals surface area contributed by atoms with Gasteiger partial charge in [0.05, 0.1) is 11.1 Å². The van der Waals surface area contributed by atoms with Crippen LogP contribution in [0.25, 0.3) is 0 Å². The number of nitrogens with two attached hydrogens (primary N) is 1. The largest absolute Gasteiger partial charge is 0.369 e. The molecule has 0 bridgehead atoms. The van der Waals surface area contributed by atoms with Crippen molar-refractivity contribution in [1.82, 2.24) is 0 Å². The van der Waals surface area contributed by atoms with Crippen LogP contribution in [0.1, 0.15) is 13.8 Å². The van der Waals surface area contributed by atoms with Crippen LogP contribution in [-0.2, 0) is 10.1 Å². The van der Waals surface area contributed by atoms with Crippen molar-refractivity contribution in [1.29, 1.82) is 5.41 Å². The Kier molecular flexibility index (Phi) is 4.44. The molecule has 0 aliphatic heterocycles. The molecule has 0 heterocycles. The second kappa shape index (κ2) is 5.47. The van der Waals surface area contributed by atoms with Gasteiger partial charge in [-0.2, -0.15) is 8.42 Å². The number of benzene rings is 1. The van der Waals surface area contributed by atoms with Gasteiger partial charge in [0.1, 0.15) is 0 Å². The van der Waals surface area contributed by atoms with Gasteiger partial charge in [-0.05, 0) is 25.1 Å². The molecule has 2 atom stereocenters. The lowest BCUT2D eigenvalue weighted by atomic mass is 10.0. The highest BCUT2D eigenvalue weighted by Crippen LogP contribution is 2.16. The molecular formula is C11H17N3O3S. The highest BCUT2D eigenvalue weighted by atomic mass is 32.2. The van der Waals surface area contributed by atoms with Crippen molar-refractivity contribution in [2.24, 2.45) is 11.7 Å². The van der Waals surface area contributed by atoms with Crippen molar-refractivity contribution in [2.45, 2.75) is 24.9 Å². The predicted molar refractivity (Wildman–Crippen MR) is 70.4 cm³/mol. The SMILES string of the molecule is CC(=N)C(C)C(N)Nc1cccc(S(=O)(=O)O)c1. The van der Waals surface area contributed by atoms with E-state index in [4.69, 9.17) is 15.7 Å². The van der Waals surface area contributed by atoms with E-state index >= 15 is 0 Å². The monoisotopic (exact) mass is 271 g/mol. The predicted octanol–water partition coefficient (Wildman–Crippen LogP) is 1.31. The minimum absolute atomic E-state index is 0.181. The minimum atomic E-state index is -4.22. The molecule has 0 aromatic heterocycles. The lowest BCUT2D eigenvalue weighted by molar-refractivity contribution is 0.483. The van der Waals surface area contributed by atoms with Gasteiger partial charge in [0.25, 0.3) is 10.1 Å². The van der Waals surface area contributed by atoms with Crippen molar-refractivity contribution in [3.63, 3.8) is 0 Å². The minimum Gasteiger partial charge on any atom is -0.369 e. The van der Waals surface area contributed by atoms with E-state index in [0.29, 0.717) is 11.4 Å². The maximum absolute atomic E-state index is 11.0. The summed E-state index contributed by atoms with van der Waals surface area (Å²) in [6.07, 6.45) is -0.501. The van der Waals surface area contributed by atoms with Crippen LogP contribution in [0.3, 0.4) is 0 Å². The fourth-order valence-corrected chi connectivity index (χ4v) is 1.86. The quantitative estimate of drug-likeness (QED) is 0.366. The summed E-state index contributed by atoms with van der Waals surface area (Å²) >= 11 is 0. The van der Waals surface area contributed by atoms with Crippen LogP contribution < -0.4 is 11.1 Å². The number of hydrogen-bond acceptors (Lipinski definition) is 5. The molecular weight excluding hydrogens is 254 g/mol. The molecule has 100 valence electrons. The molecule has 0 aliphatic rings. The number of hydrogen-bond donors (Lipinski definition) is 4. The van der Waals surface area contributed by atoms with Crippen LogP contribution in [0, 0.1) is 11.3 Å². The van der Waals surface area contributed by atoms with Gasteiger partial charge in [0, 0.05) is 17.3 Å². The second-order valence-corrected chi connectivity index (χ2v) is 5.57.